The first-order valence-corrected chi connectivity index (χ1v) is 10.2. The van der Waals surface area contributed by atoms with Crippen molar-refractivity contribution >= 4 is 17.5 Å². The second kappa shape index (κ2) is 4.10. The van der Waals surface area contributed by atoms with Gasteiger partial charge in [-0.3, -0.25) is 4.79 Å². The van der Waals surface area contributed by atoms with Gasteiger partial charge in [0.1, 0.15) is 5.78 Å². The van der Waals surface area contributed by atoms with Gasteiger partial charge < -0.3 is 0 Å². The maximum absolute atomic E-state index is 12.4. The lowest BCUT2D eigenvalue weighted by Gasteiger charge is -2.59. The summed E-state index contributed by atoms with van der Waals surface area (Å²) < 4.78 is 0. The highest BCUT2D eigenvalue weighted by atomic mass is 32.2. The third-order valence-corrected chi connectivity index (χ3v) is 10.0. The molecule has 116 valence electrons. The van der Waals surface area contributed by atoms with Crippen molar-refractivity contribution in [3.63, 3.8) is 0 Å². The van der Waals surface area contributed by atoms with Crippen LogP contribution in [0.4, 0.5) is 0 Å². The van der Waals surface area contributed by atoms with Crippen LogP contribution < -0.4 is 0 Å². The zero-order valence-corrected chi connectivity index (χ0v) is 14.3. The SMILES string of the molecule is C[C@]12C[C@H]3S[C@H]3C[C@@H]1CC[C@@H]1[C@@H]2CC[C@]2(C)C(=O)CC[C@@H]12. The number of thioether (sulfide) groups is 1. The van der Waals surface area contributed by atoms with Crippen molar-refractivity contribution < 1.29 is 4.79 Å². The predicted octanol–water partition coefficient (Wildman–Crippen LogP) is 4.69. The third kappa shape index (κ3) is 1.64. The Morgan fingerprint density at radius 3 is 2.76 bits per heavy atom. The smallest absolute Gasteiger partial charge is 0.139 e. The van der Waals surface area contributed by atoms with Crippen molar-refractivity contribution in [1.82, 2.24) is 0 Å². The summed E-state index contributed by atoms with van der Waals surface area (Å²) in [6.45, 7) is 4.95. The first-order valence-electron chi connectivity index (χ1n) is 9.21. The van der Waals surface area contributed by atoms with Crippen molar-refractivity contribution in [3.05, 3.63) is 0 Å². The molecule has 21 heavy (non-hydrogen) atoms. The third-order valence-electron chi connectivity index (χ3n) is 8.62. The van der Waals surface area contributed by atoms with Crippen LogP contribution >= 0.6 is 11.8 Å². The topological polar surface area (TPSA) is 17.1 Å². The fourth-order valence-corrected chi connectivity index (χ4v) is 8.66. The summed E-state index contributed by atoms with van der Waals surface area (Å²) in [5, 5.41) is 2.03. The minimum absolute atomic E-state index is 0.0654. The zero-order valence-electron chi connectivity index (χ0n) is 13.4. The molecule has 0 N–H and O–H groups in total. The van der Waals surface area contributed by atoms with E-state index >= 15 is 0 Å². The number of Topliss-reactive ketones (excluding diaryl/α,β-unsaturated/α-hetero) is 1. The first-order chi connectivity index (χ1) is 10.0. The normalized spacial score (nSPS) is 61.5. The van der Waals surface area contributed by atoms with Gasteiger partial charge in [0.2, 0.25) is 0 Å². The summed E-state index contributed by atoms with van der Waals surface area (Å²) in [5.74, 6) is 4.13. The maximum atomic E-state index is 12.4. The number of ketones is 1. The van der Waals surface area contributed by atoms with Crippen molar-refractivity contribution in [2.24, 2.45) is 34.5 Å². The van der Waals surface area contributed by atoms with Crippen LogP contribution in [0.3, 0.4) is 0 Å². The van der Waals surface area contributed by atoms with Crippen molar-refractivity contribution in [1.29, 1.82) is 0 Å². The van der Waals surface area contributed by atoms with Gasteiger partial charge in [0.05, 0.1) is 0 Å². The molecule has 0 unspecified atom stereocenters. The Kier molecular flexibility index (Phi) is 2.63. The molecule has 0 amide bonds. The Balaban J connectivity index is 1.49. The Morgan fingerprint density at radius 1 is 1.05 bits per heavy atom. The molecule has 5 aliphatic rings. The molecule has 1 heterocycles. The van der Waals surface area contributed by atoms with Crippen molar-refractivity contribution in [2.75, 3.05) is 0 Å². The number of hydrogen-bond donors (Lipinski definition) is 0. The predicted molar refractivity (Wildman–Crippen MR) is 87.3 cm³/mol. The second-order valence-electron chi connectivity index (χ2n) is 9.23. The molecule has 2 heteroatoms. The summed E-state index contributed by atoms with van der Waals surface area (Å²) in [7, 11) is 0. The van der Waals surface area contributed by atoms with E-state index in [1.807, 2.05) is 0 Å². The molecule has 0 aromatic carbocycles. The van der Waals surface area contributed by atoms with Crippen LogP contribution in [0.5, 0.6) is 0 Å². The van der Waals surface area contributed by atoms with Crippen molar-refractivity contribution in [2.45, 2.75) is 75.7 Å². The van der Waals surface area contributed by atoms with E-state index in [2.05, 4.69) is 25.6 Å². The van der Waals surface area contributed by atoms with Crippen LogP contribution in [-0.2, 0) is 4.79 Å². The Bertz CT molecular complexity index is 502. The Labute approximate surface area is 133 Å². The minimum Gasteiger partial charge on any atom is -0.299 e. The number of carbonyl (C=O) groups excluding carboxylic acids is 1. The largest absolute Gasteiger partial charge is 0.299 e. The summed E-state index contributed by atoms with van der Waals surface area (Å²) in [6.07, 6.45) is 10.5. The summed E-state index contributed by atoms with van der Waals surface area (Å²) in [6, 6.07) is 0. The van der Waals surface area contributed by atoms with Gasteiger partial charge in [-0.1, -0.05) is 13.8 Å². The van der Waals surface area contributed by atoms with Gasteiger partial charge in [-0.25, -0.2) is 0 Å². The van der Waals surface area contributed by atoms with E-state index in [1.54, 1.807) is 0 Å². The monoisotopic (exact) mass is 304 g/mol. The van der Waals surface area contributed by atoms with E-state index in [1.165, 1.54) is 44.9 Å². The molecule has 0 aromatic heterocycles. The van der Waals surface area contributed by atoms with Gasteiger partial charge in [-0.2, -0.15) is 11.8 Å². The molecular weight excluding hydrogens is 276 g/mol. The lowest BCUT2D eigenvalue weighted by atomic mass is 9.45. The average Bonchev–Trinajstić information content (AvgIpc) is 3.12. The lowest BCUT2D eigenvalue weighted by Crippen LogP contribution is -2.53. The zero-order chi connectivity index (χ0) is 14.4. The summed E-state index contributed by atoms with van der Waals surface area (Å²) in [5.41, 5.74) is 0.677. The molecule has 1 nitrogen and oxygen atoms in total. The number of fused-ring (bicyclic) bond motifs is 6. The van der Waals surface area contributed by atoms with Crippen LogP contribution in [0.25, 0.3) is 0 Å². The molecule has 1 saturated heterocycles. The van der Waals surface area contributed by atoms with Crippen LogP contribution in [0, 0.1) is 34.5 Å². The van der Waals surface area contributed by atoms with Gasteiger partial charge in [-0.15, -0.1) is 0 Å². The first kappa shape index (κ1) is 13.5. The quantitative estimate of drug-likeness (QED) is 0.604. The van der Waals surface area contributed by atoms with E-state index < -0.39 is 0 Å². The van der Waals surface area contributed by atoms with Gasteiger partial charge in [-0.05, 0) is 74.0 Å². The minimum atomic E-state index is 0.0654. The molecule has 4 saturated carbocycles. The van der Waals surface area contributed by atoms with E-state index in [-0.39, 0.29) is 5.41 Å². The van der Waals surface area contributed by atoms with Gasteiger partial charge in [0.25, 0.3) is 0 Å². The van der Waals surface area contributed by atoms with E-state index in [0.29, 0.717) is 11.2 Å². The Morgan fingerprint density at radius 2 is 1.90 bits per heavy atom. The highest BCUT2D eigenvalue weighted by Gasteiger charge is 2.63. The van der Waals surface area contributed by atoms with Gasteiger partial charge in [0, 0.05) is 22.3 Å². The molecule has 0 aromatic rings. The fourth-order valence-electron chi connectivity index (χ4n) is 7.29. The second-order valence-corrected chi connectivity index (χ2v) is 10.7. The highest BCUT2D eigenvalue weighted by molar-refractivity contribution is 8.07. The molecule has 0 spiro atoms. The molecule has 5 rings (SSSR count). The van der Waals surface area contributed by atoms with E-state index in [0.717, 1.165) is 40.6 Å². The van der Waals surface area contributed by atoms with Crippen LogP contribution in [0.1, 0.15) is 65.2 Å². The molecule has 5 fully saturated rings. The summed E-state index contributed by atoms with van der Waals surface area (Å²) in [4.78, 5) is 12.4. The number of carbonyl (C=O) groups is 1. The average molecular weight is 304 g/mol. The molecule has 8 atom stereocenters. The highest BCUT2D eigenvalue weighted by Crippen LogP contribution is 2.69. The molecule has 0 radical (unpaired) electrons. The van der Waals surface area contributed by atoms with Gasteiger partial charge in [0.15, 0.2) is 0 Å². The molecular formula is C19H28OS. The van der Waals surface area contributed by atoms with Crippen molar-refractivity contribution in [3.8, 4) is 0 Å². The standard InChI is InChI=1S/C19H28OS/c1-18-8-7-14-12(13(18)5-6-17(18)20)4-3-11-9-15-16(21-15)10-19(11,14)2/h11-16H,3-10H2,1-2H3/t11-,12-,13-,14-,15-,16+,18-,19-/m0/s1. The van der Waals surface area contributed by atoms with Crippen LogP contribution in [0.15, 0.2) is 0 Å². The van der Waals surface area contributed by atoms with Gasteiger partial charge >= 0.3 is 0 Å². The molecule has 0 bridgehead atoms. The van der Waals surface area contributed by atoms with Crippen LogP contribution in [0.2, 0.25) is 0 Å². The lowest BCUT2D eigenvalue weighted by molar-refractivity contribution is -0.137. The van der Waals surface area contributed by atoms with Crippen LogP contribution in [-0.4, -0.2) is 16.3 Å². The maximum Gasteiger partial charge on any atom is 0.139 e. The molecule has 1 aliphatic heterocycles. The number of hydrogen-bond acceptors (Lipinski definition) is 2. The van der Waals surface area contributed by atoms with E-state index in [4.69, 9.17) is 0 Å². The molecule has 4 aliphatic carbocycles. The van der Waals surface area contributed by atoms with E-state index in [9.17, 15) is 4.79 Å². The number of rotatable bonds is 0. The Hall–Kier alpha value is 0.0200. The summed E-state index contributed by atoms with van der Waals surface area (Å²) >= 11 is 2.27. The fraction of sp³-hybridized carbons (Fsp3) is 0.947.